The fraction of sp³-hybridized carbons (Fsp3) is 0.286. The number of fused-ring (bicyclic) bond motifs is 1. The summed E-state index contributed by atoms with van der Waals surface area (Å²) in [5.74, 6) is -0.332. The summed E-state index contributed by atoms with van der Waals surface area (Å²) in [4.78, 5) is 24.8. The molecule has 0 radical (unpaired) electrons. The minimum Gasteiger partial charge on any atom is -0.481 e. The molecule has 4 aromatic heterocycles. The van der Waals surface area contributed by atoms with Crippen LogP contribution in [0.4, 0.5) is 0 Å². The number of aryl methyl sites for hydroxylation is 3. The highest BCUT2D eigenvalue weighted by Gasteiger charge is 2.24. The van der Waals surface area contributed by atoms with E-state index in [9.17, 15) is 9.90 Å². The first-order chi connectivity index (χ1) is 14.0. The van der Waals surface area contributed by atoms with Gasteiger partial charge in [0.2, 0.25) is 0 Å². The molecule has 8 nitrogen and oxygen atoms in total. The van der Waals surface area contributed by atoms with Crippen molar-refractivity contribution in [2.45, 2.75) is 40.2 Å². The number of rotatable bonds is 6. The Kier molecular flexibility index (Phi) is 4.84. The average molecular weight is 391 g/mol. The van der Waals surface area contributed by atoms with Gasteiger partial charge in [-0.3, -0.25) is 9.78 Å². The van der Waals surface area contributed by atoms with Gasteiger partial charge >= 0.3 is 5.97 Å². The summed E-state index contributed by atoms with van der Waals surface area (Å²) in [6.45, 7) is 6.48. The lowest BCUT2D eigenvalue weighted by Gasteiger charge is -2.15. The molecule has 8 heteroatoms. The van der Waals surface area contributed by atoms with E-state index in [1.807, 2.05) is 31.5 Å². The molecular weight excluding hydrogens is 370 g/mol. The third-order valence-corrected chi connectivity index (χ3v) is 4.90. The van der Waals surface area contributed by atoms with Gasteiger partial charge in [-0.25, -0.2) is 14.6 Å². The number of pyridine rings is 2. The first kappa shape index (κ1) is 18.8. The van der Waals surface area contributed by atoms with E-state index in [1.165, 1.54) is 6.39 Å². The van der Waals surface area contributed by atoms with Crippen LogP contribution in [0.1, 0.15) is 30.2 Å². The van der Waals surface area contributed by atoms with E-state index in [0.717, 1.165) is 27.6 Å². The summed E-state index contributed by atoms with van der Waals surface area (Å²) in [5, 5.41) is 14.7. The molecule has 0 spiro atoms. The van der Waals surface area contributed by atoms with Gasteiger partial charge in [-0.05, 0) is 44.4 Å². The number of oxazole rings is 1. The Morgan fingerprint density at radius 1 is 1.24 bits per heavy atom. The Bertz CT molecular complexity index is 1210. The molecular formula is C21H21N5O3. The summed E-state index contributed by atoms with van der Waals surface area (Å²) in [6.07, 6.45) is 7.01. The number of aliphatic carboxylic acids is 1. The maximum Gasteiger partial charge on any atom is 0.303 e. The molecule has 4 aromatic rings. The highest BCUT2D eigenvalue weighted by atomic mass is 16.4. The van der Waals surface area contributed by atoms with Gasteiger partial charge in [-0.15, -0.1) is 0 Å². The van der Waals surface area contributed by atoms with Gasteiger partial charge in [0.25, 0.3) is 0 Å². The van der Waals surface area contributed by atoms with Crippen molar-refractivity contribution in [1.29, 1.82) is 0 Å². The zero-order chi connectivity index (χ0) is 20.5. The van der Waals surface area contributed by atoms with Crippen molar-refractivity contribution < 1.29 is 14.3 Å². The molecule has 0 amide bonds. The summed E-state index contributed by atoms with van der Waals surface area (Å²) in [6, 6.07) is 2.03. The highest BCUT2D eigenvalue weighted by Crippen LogP contribution is 2.38. The van der Waals surface area contributed by atoms with E-state index in [4.69, 9.17) is 9.40 Å². The second kappa shape index (κ2) is 7.46. The van der Waals surface area contributed by atoms with Crippen molar-refractivity contribution >= 4 is 17.0 Å². The predicted molar refractivity (Wildman–Crippen MR) is 107 cm³/mol. The van der Waals surface area contributed by atoms with Crippen molar-refractivity contribution in [3.8, 4) is 22.6 Å². The highest BCUT2D eigenvalue weighted by molar-refractivity contribution is 5.97. The molecule has 4 heterocycles. The average Bonchev–Trinajstić information content (AvgIpc) is 3.30. The van der Waals surface area contributed by atoms with E-state index in [0.29, 0.717) is 35.8 Å². The summed E-state index contributed by atoms with van der Waals surface area (Å²) >= 11 is 0. The van der Waals surface area contributed by atoms with E-state index in [1.54, 1.807) is 18.6 Å². The normalized spacial score (nSPS) is 11.3. The Labute approximate surface area is 167 Å². The first-order valence-corrected chi connectivity index (χ1v) is 9.42. The van der Waals surface area contributed by atoms with Crippen LogP contribution in [0.5, 0.6) is 0 Å². The molecule has 0 unspecified atom stereocenters. The Balaban J connectivity index is 2.11. The van der Waals surface area contributed by atoms with Crippen LogP contribution in [0, 0.1) is 13.8 Å². The van der Waals surface area contributed by atoms with Crippen molar-refractivity contribution in [3.05, 3.63) is 47.9 Å². The number of carboxylic acids is 1. The van der Waals surface area contributed by atoms with Crippen molar-refractivity contribution in [2.24, 2.45) is 0 Å². The SMILES string of the molecule is CCn1ncc2c(-c3cncc(C)c3)c(CCC(=O)O)c(-c3ocnc3C)nc21. The molecule has 0 aliphatic heterocycles. The van der Waals surface area contributed by atoms with Crippen LogP contribution in [-0.2, 0) is 17.8 Å². The van der Waals surface area contributed by atoms with E-state index in [2.05, 4.69) is 15.1 Å². The van der Waals surface area contributed by atoms with Crippen LogP contribution < -0.4 is 0 Å². The summed E-state index contributed by atoms with van der Waals surface area (Å²) in [5.41, 5.74) is 5.60. The third kappa shape index (κ3) is 3.37. The number of aromatic nitrogens is 5. The molecule has 0 saturated heterocycles. The van der Waals surface area contributed by atoms with Gasteiger partial charge in [0.1, 0.15) is 5.69 Å². The number of nitrogens with zero attached hydrogens (tertiary/aromatic N) is 5. The molecule has 4 rings (SSSR count). The zero-order valence-corrected chi connectivity index (χ0v) is 16.5. The molecule has 0 atom stereocenters. The molecule has 0 aliphatic carbocycles. The minimum absolute atomic E-state index is 0.0263. The lowest BCUT2D eigenvalue weighted by Crippen LogP contribution is -2.05. The Hall–Kier alpha value is -3.55. The fourth-order valence-electron chi connectivity index (χ4n) is 3.57. The second-order valence-electron chi connectivity index (χ2n) is 6.92. The summed E-state index contributed by atoms with van der Waals surface area (Å²) in [7, 11) is 0. The molecule has 0 saturated carbocycles. The molecule has 0 aliphatic rings. The van der Waals surface area contributed by atoms with Crippen LogP contribution in [0.2, 0.25) is 0 Å². The first-order valence-electron chi connectivity index (χ1n) is 9.42. The number of carbonyl (C=O) groups is 1. The Morgan fingerprint density at radius 2 is 2.07 bits per heavy atom. The zero-order valence-electron chi connectivity index (χ0n) is 16.5. The van der Waals surface area contributed by atoms with E-state index < -0.39 is 5.97 Å². The van der Waals surface area contributed by atoms with E-state index in [-0.39, 0.29) is 6.42 Å². The van der Waals surface area contributed by atoms with Gasteiger partial charge in [-0.2, -0.15) is 5.10 Å². The van der Waals surface area contributed by atoms with Gasteiger partial charge in [0.15, 0.2) is 17.8 Å². The molecule has 1 N–H and O–H groups in total. The maximum atomic E-state index is 11.4. The molecule has 148 valence electrons. The standard InChI is InChI=1S/C21H21N5O3/c1-4-26-21-16(10-24-26)18(14-7-12(2)8-22-9-14)15(5-6-17(27)28)19(25-21)20-13(3)23-11-29-20/h7-11H,4-6H2,1-3H3,(H,27,28). The third-order valence-electron chi connectivity index (χ3n) is 4.90. The van der Waals surface area contributed by atoms with Crippen LogP contribution >= 0.6 is 0 Å². The van der Waals surface area contributed by atoms with Crippen LogP contribution in [0.3, 0.4) is 0 Å². The number of carboxylic acid groups (broad SMARTS) is 1. The second-order valence-corrected chi connectivity index (χ2v) is 6.92. The number of hydrogen-bond acceptors (Lipinski definition) is 6. The lowest BCUT2D eigenvalue weighted by molar-refractivity contribution is -0.136. The van der Waals surface area contributed by atoms with Crippen molar-refractivity contribution in [2.75, 3.05) is 0 Å². The Morgan fingerprint density at radius 3 is 2.72 bits per heavy atom. The fourth-order valence-corrected chi connectivity index (χ4v) is 3.57. The van der Waals surface area contributed by atoms with Gasteiger partial charge in [-0.1, -0.05) is 0 Å². The topological polar surface area (TPSA) is 107 Å². The molecule has 29 heavy (non-hydrogen) atoms. The lowest BCUT2D eigenvalue weighted by atomic mass is 9.92. The quantitative estimate of drug-likeness (QED) is 0.532. The van der Waals surface area contributed by atoms with Gasteiger partial charge in [0, 0.05) is 41.9 Å². The molecule has 0 fully saturated rings. The van der Waals surface area contributed by atoms with Crippen LogP contribution in [0.15, 0.2) is 35.5 Å². The van der Waals surface area contributed by atoms with Crippen LogP contribution in [0.25, 0.3) is 33.6 Å². The largest absolute Gasteiger partial charge is 0.481 e. The monoisotopic (exact) mass is 391 g/mol. The smallest absolute Gasteiger partial charge is 0.303 e. The van der Waals surface area contributed by atoms with Crippen molar-refractivity contribution in [3.63, 3.8) is 0 Å². The van der Waals surface area contributed by atoms with Crippen LogP contribution in [-0.4, -0.2) is 35.8 Å². The number of hydrogen-bond donors (Lipinski definition) is 1. The minimum atomic E-state index is -0.872. The summed E-state index contributed by atoms with van der Waals surface area (Å²) < 4.78 is 7.46. The van der Waals surface area contributed by atoms with Gasteiger partial charge in [0.05, 0.1) is 11.9 Å². The maximum absolute atomic E-state index is 11.4. The predicted octanol–water partition coefficient (Wildman–Crippen LogP) is 3.80. The molecule has 0 bridgehead atoms. The van der Waals surface area contributed by atoms with Gasteiger partial charge < -0.3 is 9.52 Å². The van der Waals surface area contributed by atoms with Crippen molar-refractivity contribution in [1.82, 2.24) is 24.7 Å². The van der Waals surface area contributed by atoms with E-state index >= 15 is 0 Å². The molecule has 0 aromatic carbocycles.